The molecule has 7 rings (SSSR count). The average molecular weight is 896 g/mol. The van der Waals surface area contributed by atoms with Crippen LogP contribution in [0.2, 0.25) is 15.5 Å². The van der Waals surface area contributed by atoms with Gasteiger partial charge in [-0.2, -0.15) is 0 Å². The zero-order valence-corrected chi connectivity index (χ0v) is 33.0. The quantitative estimate of drug-likeness (QED) is 0.206. The fourth-order valence-electron chi connectivity index (χ4n) is 5.34. The predicted molar refractivity (Wildman–Crippen MR) is 205 cm³/mol. The van der Waals surface area contributed by atoms with Gasteiger partial charge in [0.2, 0.25) is 0 Å². The summed E-state index contributed by atoms with van der Waals surface area (Å²) < 4.78 is 45.7. The molecule has 4 aromatic heterocycles. The lowest BCUT2D eigenvalue weighted by molar-refractivity contribution is 0.122. The summed E-state index contributed by atoms with van der Waals surface area (Å²) >= 11 is 24.2. The Morgan fingerprint density at radius 1 is 0.647 bits per heavy atom. The Morgan fingerprint density at radius 3 is 1.69 bits per heavy atom. The molecule has 0 unspecified atom stereocenters. The highest BCUT2D eigenvalue weighted by molar-refractivity contribution is 9.10. The summed E-state index contributed by atoms with van der Waals surface area (Å²) in [6.07, 6.45) is 1.54. The summed E-state index contributed by atoms with van der Waals surface area (Å²) in [5.41, 5.74) is 7.91. The van der Waals surface area contributed by atoms with Gasteiger partial charge in [0.1, 0.15) is 21.3 Å². The maximum absolute atomic E-state index is 15.0. The first-order valence-electron chi connectivity index (χ1n) is 15.9. The van der Waals surface area contributed by atoms with Gasteiger partial charge in [0.05, 0.1) is 56.0 Å². The molecule has 0 atom stereocenters. The van der Waals surface area contributed by atoms with Gasteiger partial charge in [0.15, 0.2) is 23.3 Å². The Balaban J connectivity index is 0.000000154. The lowest BCUT2D eigenvalue weighted by Crippen LogP contribution is -2.37. The number of nitrogen functional groups attached to an aromatic ring is 1. The molecule has 3 fully saturated rings. The Labute approximate surface area is 326 Å². The molecule has 0 bridgehead atoms. The molecular formula is C33H35Br2Cl3F2N8O3. The van der Waals surface area contributed by atoms with Gasteiger partial charge in [0, 0.05) is 60.6 Å². The third kappa shape index (κ3) is 10.9. The van der Waals surface area contributed by atoms with Crippen molar-refractivity contribution in [2.24, 2.45) is 0 Å². The number of halogens is 7. The van der Waals surface area contributed by atoms with E-state index in [2.05, 4.69) is 56.7 Å². The van der Waals surface area contributed by atoms with Gasteiger partial charge in [-0.15, -0.1) is 0 Å². The molecule has 2 N–H and O–H groups in total. The van der Waals surface area contributed by atoms with E-state index in [-0.39, 0.29) is 27.8 Å². The van der Waals surface area contributed by atoms with Crippen LogP contribution in [0.15, 0.2) is 45.5 Å². The Morgan fingerprint density at radius 2 is 1.14 bits per heavy atom. The second-order valence-corrected chi connectivity index (χ2v) is 14.3. The lowest BCUT2D eigenvalue weighted by atomic mass is 10.0. The predicted octanol–water partition coefficient (Wildman–Crippen LogP) is 7.47. The minimum Gasteiger partial charge on any atom is -0.397 e. The summed E-state index contributed by atoms with van der Waals surface area (Å²) in [7, 11) is 0. The molecule has 3 saturated heterocycles. The minimum atomic E-state index is -0.415. The topological polar surface area (TPSA) is 115 Å². The maximum Gasteiger partial charge on any atom is 0.179 e. The van der Waals surface area contributed by atoms with E-state index < -0.39 is 5.82 Å². The number of aryl methyl sites for hydroxylation is 1. The van der Waals surface area contributed by atoms with Crippen molar-refractivity contribution < 1.29 is 23.0 Å². The van der Waals surface area contributed by atoms with Gasteiger partial charge in [0.25, 0.3) is 0 Å². The van der Waals surface area contributed by atoms with E-state index in [1.165, 1.54) is 12.1 Å². The van der Waals surface area contributed by atoms with Crippen molar-refractivity contribution in [1.29, 1.82) is 0 Å². The summed E-state index contributed by atoms with van der Waals surface area (Å²) in [5, 5.41) is 1.03. The Hall–Kier alpha value is -2.63. The van der Waals surface area contributed by atoms with E-state index in [1.807, 2.05) is 15.9 Å². The van der Waals surface area contributed by atoms with Crippen LogP contribution in [-0.2, 0) is 14.2 Å². The van der Waals surface area contributed by atoms with E-state index in [1.54, 1.807) is 25.3 Å². The number of rotatable bonds is 4. The number of pyridine rings is 4. The highest BCUT2D eigenvalue weighted by Crippen LogP contribution is 2.34. The molecule has 0 aromatic carbocycles. The first-order chi connectivity index (χ1) is 24.5. The van der Waals surface area contributed by atoms with Gasteiger partial charge in [-0.1, -0.05) is 50.7 Å². The van der Waals surface area contributed by atoms with Crippen LogP contribution in [-0.4, -0.2) is 98.8 Å². The van der Waals surface area contributed by atoms with E-state index in [0.717, 1.165) is 36.6 Å². The highest BCUT2D eigenvalue weighted by atomic mass is 79.9. The molecule has 3 aliphatic heterocycles. The van der Waals surface area contributed by atoms with Crippen LogP contribution in [0.3, 0.4) is 0 Å². The molecule has 18 heteroatoms. The van der Waals surface area contributed by atoms with Gasteiger partial charge in [-0.3, -0.25) is 4.98 Å². The number of hydrogen-bond donors (Lipinski definition) is 1. The number of anilines is 4. The molecule has 0 aliphatic carbocycles. The standard InChI is InChI=1S/C15H16ClFN4O.C9H9BrClFN2O.C9H10BrClN2O/c1-9-11(6-10(18)8-19-9)12-7-13(16)20-15(14(12)17)21-2-4-22-5-3-21;10-6-5-7(11)13-9(8(6)12)14-1-3-15-4-2-14;10-7-5-8(11)12-9(6-7)13-1-3-14-4-2-13/h6-8H,2-5,18H2,1H3;5H,1-4H2;5-6H,1-4H2. The van der Waals surface area contributed by atoms with Crippen LogP contribution in [0.5, 0.6) is 0 Å². The third-order valence-corrected chi connectivity index (χ3v) is 9.49. The molecule has 3 aliphatic rings. The van der Waals surface area contributed by atoms with Crippen molar-refractivity contribution in [3.05, 3.63) is 78.3 Å². The van der Waals surface area contributed by atoms with Gasteiger partial charge in [-0.25, -0.2) is 23.7 Å². The van der Waals surface area contributed by atoms with Crippen molar-refractivity contribution in [3.8, 4) is 11.1 Å². The average Bonchev–Trinajstić information content (AvgIpc) is 3.13. The van der Waals surface area contributed by atoms with Crippen molar-refractivity contribution >= 4 is 89.8 Å². The fraction of sp³-hybridized carbons (Fsp3) is 0.394. The zero-order chi connectivity index (χ0) is 36.5. The molecule has 0 spiro atoms. The number of nitrogens with zero attached hydrogens (tertiary/aromatic N) is 7. The monoisotopic (exact) mass is 892 g/mol. The van der Waals surface area contributed by atoms with Gasteiger partial charge >= 0.3 is 0 Å². The summed E-state index contributed by atoms with van der Waals surface area (Å²) in [4.78, 5) is 22.4. The second-order valence-electron chi connectivity index (χ2n) is 11.4. The molecule has 4 aromatic rings. The van der Waals surface area contributed by atoms with Gasteiger partial charge < -0.3 is 34.6 Å². The van der Waals surface area contributed by atoms with Crippen molar-refractivity contribution in [3.63, 3.8) is 0 Å². The van der Waals surface area contributed by atoms with Crippen LogP contribution in [0.4, 0.5) is 31.9 Å². The molecule has 11 nitrogen and oxygen atoms in total. The largest absolute Gasteiger partial charge is 0.397 e. The van der Waals surface area contributed by atoms with Crippen LogP contribution < -0.4 is 20.4 Å². The van der Waals surface area contributed by atoms with Crippen LogP contribution in [0.1, 0.15) is 5.69 Å². The molecule has 0 radical (unpaired) electrons. The SMILES string of the molecule is Cc1ncc(N)cc1-c1cc(Cl)nc(N2CCOCC2)c1F.Clc1cc(Br)cc(N2CCOCC2)n1.Fc1c(Br)cc(Cl)nc1N1CCOCC1. The second kappa shape index (κ2) is 18.9. The fourth-order valence-corrected chi connectivity index (χ4v) is 7.00. The molecule has 7 heterocycles. The molecule has 0 amide bonds. The number of morpholine rings is 3. The molecule has 0 saturated carbocycles. The van der Waals surface area contributed by atoms with Crippen LogP contribution >= 0.6 is 66.7 Å². The van der Waals surface area contributed by atoms with Crippen molar-refractivity contribution in [2.45, 2.75) is 6.92 Å². The van der Waals surface area contributed by atoms with Crippen LogP contribution in [0, 0.1) is 18.6 Å². The smallest absolute Gasteiger partial charge is 0.179 e. The first kappa shape index (κ1) is 39.6. The minimum absolute atomic E-state index is 0.236. The van der Waals surface area contributed by atoms with E-state index in [4.69, 9.17) is 54.7 Å². The summed E-state index contributed by atoms with van der Waals surface area (Å²) in [6, 6.07) is 8.40. The van der Waals surface area contributed by atoms with Crippen molar-refractivity contribution in [1.82, 2.24) is 19.9 Å². The molecule has 274 valence electrons. The molecule has 51 heavy (non-hydrogen) atoms. The summed E-state index contributed by atoms with van der Waals surface area (Å²) in [5.74, 6) is 0.654. The third-order valence-electron chi connectivity index (χ3n) is 7.87. The number of nitrogens with two attached hydrogens (primary N) is 1. The summed E-state index contributed by atoms with van der Waals surface area (Å²) in [6.45, 7) is 9.76. The van der Waals surface area contributed by atoms with E-state index >= 15 is 0 Å². The number of ether oxygens (including phenoxy) is 3. The van der Waals surface area contributed by atoms with Crippen LogP contribution in [0.25, 0.3) is 11.1 Å². The Kier molecular flexibility index (Phi) is 14.7. The normalized spacial score (nSPS) is 16.2. The van der Waals surface area contributed by atoms with E-state index in [9.17, 15) is 8.78 Å². The molecular weight excluding hydrogens is 861 g/mol. The zero-order valence-electron chi connectivity index (χ0n) is 27.5. The lowest BCUT2D eigenvalue weighted by Gasteiger charge is -2.28. The van der Waals surface area contributed by atoms with Gasteiger partial charge in [-0.05, 0) is 53.2 Å². The first-order valence-corrected chi connectivity index (χ1v) is 18.6. The maximum atomic E-state index is 15.0. The van der Waals surface area contributed by atoms with Crippen molar-refractivity contribution in [2.75, 3.05) is 99.3 Å². The van der Waals surface area contributed by atoms with E-state index in [0.29, 0.717) is 84.7 Å². The number of hydrogen-bond acceptors (Lipinski definition) is 11. The number of aromatic nitrogens is 4. The highest BCUT2D eigenvalue weighted by Gasteiger charge is 2.23. The Bertz CT molecular complexity index is 1780.